The predicted octanol–water partition coefficient (Wildman–Crippen LogP) is 4.96. The third-order valence-corrected chi connectivity index (χ3v) is 6.06. The Morgan fingerprint density at radius 2 is 1.70 bits per heavy atom. The highest BCUT2D eigenvalue weighted by molar-refractivity contribution is 4.98. The lowest BCUT2D eigenvalue weighted by atomic mass is 9.61. The monoisotopic (exact) mass is 287 g/mol. The lowest BCUT2D eigenvalue weighted by molar-refractivity contribution is -0.154. The summed E-state index contributed by atoms with van der Waals surface area (Å²) in [5.41, 5.74) is -0.0706. The fourth-order valence-electron chi connectivity index (χ4n) is 4.32. The molecular weight excluding hydrogens is 256 g/mol. The molecular formula is C17H31F2N. The number of likely N-dealkylation sites (tertiary alicyclic amines) is 1. The van der Waals surface area contributed by atoms with Crippen molar-refractivity contribution in [1.82, 2.24) is 4.90 Å². The van der Waals surface area contributed by atoms with E-state index < -0.39 is 5.92 Å². The summed E-state index contributed by atoms with van der Waals surface area (Å²) >= 11 is 0. The molecule has 2 aliphatic rings. The maximum absolute atomic E-state index is 14.6. The van der Waals surface area contributed by atoms with E-state index in [9.17, 15) is 8.78 Å². The highest BCUT2D eigenvalue weighted by atomic mass is 19.3. The van der Waals surface area contributed by atoms with Gasteiger partial charge < -0.3 is 4.90 Å². The number of rotatable bonds is 3. The molecule has 20 heavy (non-hydrogen) atoms. The lowest BCUT2D eigenvalue weighted by Crippen LogP contribution is -2.50. The van der Waals surface area contributed by atoms with Gasteiger partial charge in [-0.3, -0.25) is 0 Å². The van der Waals surface area contributed by atoms with E-state index in [1.807, 2.05) is 13.8 Å². The van der Waals surface area contributed by atoms with E-state index in [1.54, 1.807) is 0 Å². The van der Waals surface area contributed by atoms with Crippen LogP contribution in [0.15, 0.2) is 0 Å². The van der Waals surface area contributed by atoms with Gasteiger partial charge in [0, 0.05) is 18.4 Å². The molecule has 1 nitrogen and oxygen atoms in total. The molecule has 1 saturated heterocycles. The number of alkyl halides is 2. The Morgan fingerprint density at radius 3 is 2.15 bits per heavy atom. The van der Waals surface area contributed by atoms with Crippen molar-refractivity contribution in [3.8, 4) is 0 Å². The minimum absolute atomic E-state index is 0.0706. The highest BCUT2D eigenvalue weighted by Gasteiger charge is 2.53. The molecule has 2 rings (SSSR count). The maximum atomic E-state index is 14.6. The summed E-state index contributed by atoms with van der Waals surface area (Å²) < 4.78 is 29.2. The van der Waals surface area contributed by atoms with Crippen molar-refractivity contribution in [2.24, 2.45) is 17.3 Å². The molecule has 1 saturated carbocycles. The molecule has 0 aromatic carbocycles. The molecule has 0 radical (unpaired) electrons. The molecule has 1 aliphatic heterocycles. The quantitative estimate of drug-likeness (QED) is 0.709. The Balaban J connectivity index is 2.01. The van der Waals surface area contributed by atoms with Crippen LogP contribution in [0.5, 0.6) is 0 Å². The van der Waals surface area contributed by atoms with Crippen molar-refractivity contribution >= 4 is 0 Å². The second-order valence-electron chi connectivity index (χ2n) is 7.60. The molecule has 3 heteroatoms. The van der Waals surface area contributed by atoms with Crippen molar-refractivity contribution in [3.63, 3.8) is 0 Å². The first-order chi connectivity index (χ1) is 9.30. The summed E-state index contributed by atoms with van der Waals surface area (Å²) in [5, 5.41) is 0. The van der Waals surface area contributed by atoms with Crippen molar-refractivity contribution in [2.45, 2.75) is 78.2 Å². The highest BCUT2D eigenvalue weighted by Crippen LogP contribution is 2.54. The van der Waals surface area contributed by atoms with Gasteiger partial charge in [0.2, 0.25) is 0 Å². The van der Waals surface area contributed by atoms with Crippen molar-refractivity contribution < 1.29 is 8.78 Å². The zero-order valence-electron chi connectivity index (χ0n) is 13.6. The van der Waals surface area contributed by atoms with E-state index in [4.69, 9.17) is 0 Å². The van der Waals surface area contributed by atoms with Crippen LogP contribution in [0.4, 0.5) is 8.78 Å². The molecule has 2 fully saturated rings. The van der Waals surface area contributed by atoms with E-state index in [1.165, 1.54) is 0 Å². The van der Waals surface area contributed by atoms with Gasteiger partial charge in [-0.05, 0) is 64.0 Å². The topological polar surface area (TPSA) is 3.24 Å². The first kappa shape index (κ1) is 16.2. The third-order valence-electron chi connectivity index (χ3n) is 6.06. The summed E-state index contributed by atoms with van der Waals surface area (Å²) in [6, 6.07) is 0.546. The Bertz CT molecular complexity index is 319. The van der Waals surface area contributed by atoms with E-state index in [2.05, 4.69) is 18.7 Å². The SMILES string of the molecule is CCC(C)C1CCC2(CCN(C(C)C)CC2)CC1(F)F. The fraction of sp³-hybridized carbons (Fsp3) is 1.00. The molecule has 2 atom stereocenters. The normalized spacial score (nSPS) is 31.6. The Hall–Kier alpha value is -0.180. The second-order valence-corrected chi connectivity index (χ2v) is 7.60. The average Bonchev–Trinajstić information content (AvgIpc) is 2.37. The van der Waals surface area contributed by atoms with Crippen LogP contribution in [0.25, 0.3) is 0 Å². The van der Waals surface area contributed by atoms with Crippen LogP contribution in [-0.2, 0) is 0 Å². The van der Waals surface area contributed by atoms with Gasteiger partial charge in [-0.2, -0.15) is 0 Å². The minimum atomic E-state index is -2.45. The molecule has 0 aromatic heterocycles. The summed E-state index contributed by atoms with van der Waals surface area (Å²) in [5.74, 6) is -2.69. The van der Waals surface area contributed by atoms with Gasteiger partial charge in [0.05, 0.1) is 0 Å². The molecule has 1 aliphatic carbocycles. The summed E-state index contributed by atoms with van der Waals surface area (Å²) in [6.07, 6.45) is 4.69. The van der Waals surface area contributed by atoms with Crippen LogP contribution in [0, 0.1) is 17.3 Å². The van der Waals surface area contributed by atoms with E-state index >= 15 is 0 Å². The van der Waals surface area contributed by atoms with E-state index in [-0.39, 0.29) is 23.7 Å². The molecule has 0 N–H and O–H groups in total. The third kappa shape index (κ3) is 3.18. The molecule has 0 amide bonds. The molecule has 0 bridgehead atoms. The van der Waals surface area contributed by atoms with Gasteiger partial charge >= 0.3 is 0 Å². The number of piperidine rings is 1. The van der Waals surface area contributed by atoms with E-state index in [0.29, 0.717) is 6.04 Å². The molecule has 1 spiro atoms. The number of halogens is 2. The standard InChI is InChI=1S/C17H31F2N/c1-5-14(4)15-6-7-16(12-17(15,18)19)8-10-20(11-9-16)13(2)3/h13-15H,5-12H2,1-4H3. The fourth-order valence-corrected chi connectivity index (χ4v) is 4.32. The summed E-state index contributed by atoms with van der Waals surface area (Å²) in [7, 11) is 0. The Labute approximate surface area is 123 Å². The number of nitrogens with zero attached hydrogens (tertiary/aromatic N) is 1. The van der Waals surface area contributed by atoms with Gasteiger partial charge in [0.25, 0.3) is 5.92 Å². The van der Waals surface area contributed by atoms with E-state index in [0.717, 1.165) is 45.2 Å². The second kappa shape index (κ2) is 5.90. The van der Waals surface area contributed by atoms with Gasteiger partial charge in [0.1, 0.15) is 0 Å². The van der Waals surface area contributed by atoms with Gasteiger partial charge in [-0.1, -0.05) is 20.3 Å². The number of hydrogen-bond donors (Lipinski definition) is 0. The lowest BCUT2D eigenvalue weighted by Gasteiger charge is -2.50. The zero-order chi connectivity index (χ0) is 15.0. The van der Waals surface area contributed by atoms with Crippen molar-refractivity contribution in [1.29, 1.82) is 0 Å². The van der Waals surface area contributed by atoms with Gasteiger partial charge in [-0.15, -0.1) is 0 Å². The Morgan fingerprint density at radius 1 is 1.10 bits per heavy atom. The largest absolute Gasteiger partial charge is 0.301 e. The van der Waals surface area contributed by atoms with Crippen molar-refractivity contribution in [3.05, 3.63) is 0 Å². The maximum Gasteiger partial charge on any atom is 0.251 e. The van der Waals surface area contributed by atoms with Crippen LogP contribution in [0.2, 0.25) is 0 Å². The van der Waals surface area contributed by atoms with Crippen LogP contribution in [0.1, 0.15) is 66.2 Å². The van der Waals surface area contributed by atoms with Crippen LogP contribution < -0.4 is 0 Å². The molecule has 118 valence electrons. The molecule has 1 heterocycles. The smallest absolute Gasteiger partial charge is 0.251 e. The molecule has 0 aromatic rings. The zero-order valence-corrected chi connectivity index (χ0v) is 13.6. The van der Waals surface area contributed by atoms with Crippen LogP contribution in [-0.4, -0.2) is 30.0 Å². The minimum Gasteiger partial charge on any atom is -0.301 e. The van der Waals surface area contributed by atoms with Gasteiger partial charge in [0.15, 0.2) is 0 Å². The van der Waals surface area contributed by atoms with Crippen LogP contribution in [0.3, 0.4) is 0 Å². The summed E-state index contributed by atoms with van der Waals surface area (Å²) in [6.45, 7) is 10.4. The Kier molecular flexibility index (Phi) is 4.78. The van der Waals surface area contributed by atoms with Crippen molar-refractivity contribution in [2.75, 3.05) is 13.1 Å². The molecule has 2 unspecified atom stereocenters. The van der Waals surface area contributed by atoms with Crippen LogP contribution >= 0.6 is 0 Å². The summed E-state index contributed by atoms with van der Waals surface area (Å²) in [4.78, 5) is 2.43. The average molecular weight is 287 g/mol. The predicted molar refractivity (Wildman–Crippen MR) is 80.1 cm³/mol. The number of hydrogen-bond acceptors (Lipinski definition) is 1. The van der Waals surface area contributed by atoms with Gasteiger partial charge in [-0.25, -0.2) is 8.78 Å². The first-order valence-electron chi connectivity index (χ1n) is 8.41. The first-order valence-corrected chi connectivity index (χ1v) is 8.41.